The van der Waals surface area contributed by atoms with Crippen LogP contribution in [0.3, 0.4) is 0 Å². The molecule has 0 N–H and O–H groups in total. The summed E-state index contributed by atoms with van der Waals surface area (Å²) in [5.41, 5.74) is 0. The Hall–Kier alpha value is 1.47. The van der Waals surface area contributed by atoms with Crippen LogP contribution in [-0.2, 0) is 4.74 Å². The van der Waals surface area contributed by atoms with Crippen molar-refractivity contribution >= 4 is 59.0 Å². The Morgan fingerprint density at radius 2 is 1.90 bits per heavy atom. The lowest BCUT2D eigenvalue weighted by Crippen LogP contribution is -2.28. The normalized spacial score (nSPS) is 12.6. The topological polar surface area (TPSA) is 9.23 Å². The van der Waals surface area contributed by atoms with Crippen LogP contribution in [0.15, 0.2) is 0 Å². The third kappa shape index (κ3) is 4.37. The Balaban J connectivity index is 3.63. The van der Waals surface area contributed by atoms with E-state index in [1.165, 1.54) is 0 Å². The number of hydrogen-bond acceptors (Lipinski definition) is 1. The van der Waals surface area contributed by atoms with Crippen molar-refractivity contribution in [2.24, 2.45) is 0 Å². The number of ether oxygens (including phenoxy) is 1. The van der Waals surface area contributed by atoms with E-state index < -0.39 is 9.17 Å². The van der Waals surface area contributed by atoms with Crippen LogP contribution in [0, 0.1) is 0 Å². The van der Waals surface area contributed by atoms with Crippen LogP contribution in [0.25, 0.3) is 0 Å². The van der Waals surface area contributed by atoms with E-state index in [-0.39, 0.29) is 12.5 Å². The van der Waals surface area contributed by atoms with Gasteiger partial charge in [0.15, 0.2) is 4.33 Å². The minimum Gasteiger partial charge on any atom is -0.367 e. The highest BCUT2D eigenvalue weighted by molar-refractivity contribution is 7.80. The van der Waals surface area contributed by atoms with Crippen molar-refractivity contribution in [1.82, 2.24) is 0 Å². The Morgan fingerprint density at radius 3 is 2.20 bits per heavy atom. The van der Waals surface area contributed by atoms with E-state index in [4.69, 9.17) is 51.1 Å². The van der Waals surface area contributed by atoms with Gasteiger partial charge in [0.1, 0.15) is 10.8 Å². The van der Waals surface area contributed by atoms with Gasteiger partial charge in [-0.15, -0.1) is 23.2 Å². The molecule has 1 radical (unpaired) electrons. The molecule has 0 fully saturated rings. The van der Waals surface area contributed by atoms with Crippen LogP contribution in [0.2, 0.25) is 0 Å². The van der Waals surface area contributed by atoms with Gasteiger partial charge in [-0.3, -0.25) is 0 Å². The summed E-state index contributed by atoms with van der Waals surface area (Å²) in [4.78, 5) is -0.877. The Labute approximate surface area is 85.3 Å². The van der Waals surface area contributed by atoms with E-state index in [1.807, 2.05) is 0 Å². The highest BCUT2D eigenvalue weighted by Crippen LogP contribution is 2.32. The van der Waals surface area contributed by atoms with Crippen LogP contribution in [0.4, 0.5) is 0 Å². The second kappa shape index (κ2) is 5.18. The van der Waals surface area contributed by atoms with E-state index >= 15 is 0 Å². The van der Waals surface area contributed by atoms with Crippen molar-refractivity contribution in [2.75, 3.05) is 12.5 Å². The summed E-state index contributed by atoms with van der Waals surface area (Å²) >= 11 is 26.4. The van der Waals surface area contributed by atoms with Crippen molar-refractivity contribution in [3.63, 3.8) is 0 Å². The highest BCUT2D eigenvalue weighted by atomic mass is 35.5. The van der Waals surface area contributed by atoms with Gasteiger partial charge in [-0.05, 0) is 0 Å². The molecule has 0 atom stereocenters. The van der Waals surface area contributed by atoms with E-state index in [9.17, 15) is 0 Å². The third-order valence-electron chi connectivity index (χ3n) is 0.697. The second-order valence-electron chi connectivity index (χ2n) is 1.53. The maximum atomic E-state index is 5.58. The van der Waals surface area contributed by atoms with Gasteiger partial charge in [-0.25, -0.2) is 0 Å². The lowest BCUT2D eigenvalue weighted by molar-refractivity contribution is 0.177. The molecule has 0 rings (SSSR count). The maximum Gasteiger partial charge on any atom is 0.171 e. The molecule has 6 heteroatoms. The number of halogens is 4. The zero-order chi connectivity index (χ0) is 8.20. The highest BCUT2D eigenvalue weighted by Gasteiger charge is 2.32. The van der Waals surface area contributed by atoms with E-state index in [0.717, 1.165) is 0 Å². The maximum absolute atomic E-state index is 5.58. The molecule has 0 unspecified atom stereocenters. The molecular weight excluding hydrogens is 238 g/mol. The molecular formula is C4H5Cl4OS. The SMILES string of the molecule is [S]COCC(Cl)(Cl)C(Cl)Cl. The number of hydrogen-bond donors (Lipinski definition) is 0. The molecule has 0 heterocycles. The lowest BCUT2D eigenvalue weighted by atomic mass is 10.5. The van der Waals surface area contributed by atoms with Crippen molar-refractivity contribution in [3.05, 3.63) is 0 Å². The predicted octanol–water partition coefficient (Wildman–Crippen LogP) is 3.14. The molecule has 1 nitrogen and oxygen atoms in total. The van der Waals surface area contributed by atoms with Crippen LogP contribution >= 0.6 is 59.0 Å². The van der Waals surface area contributed by atoms with Crippen molar-refractivity contribution in [1.29, 1.82) is 0 Å². The molecule has 0 aromatic rings. The van der Waals surface area contributed by atoms with E-state index in [2.05, 4.69) is 12.6 Å². The summed E-state index contributed by atoms with van der Waals surface area (Å²) in [6.45, 7) is 0.0390. The molecule has 0 aliphatic carbocycles. The fourth-order valence-electron chi connectivity index (χ4n) is 0.241. The Morgan fingerprint density at radius 1 is 1.40 bits per heavy atom. The summed E-state index contributed by atoms with van der Waals surface area (Å²) in [6, 6.07) is 0. The Bertz CT molecular complexity index is 97.3. The molecule has 0 bridgehead atoms. The fourth-order valence-corrected chi connectivity index (χ4v) is 0.604. The molecule has 0 saturated heterocycles. The predicted molar refractivity (Wildman–Crippen MR) is 48.3 cm³/mol. The quantitative estimate of drug-likeness (QED) is 0.689. The first-order valence-corrected chi connectivity index (χ1v) is 4.53. The minimum absolute atomic E-state index is 0.0390. The molecule has 0 amide bonds. The second-order valence-corrected chi connectivity index (χ2v) is 4.40. The van der Waals surface area contributed by atoms with Gasteiger partial charge in [0.05, 0.1) is 6.61 Å². The van der Waals surface area contributed by atoms with Crippen LogP contribution in [-0.4, -0.2) is 21.7 Å². The first kappa shape index (κ1) is 11.5. The molecule has 0 spiro atoms. The zero-order valence-corrected chi connectivity index (χ0v) is 8.66. The minimum atomic E-state index is -1.26. The third-order valence-corrected chi connectivity index (χ3v) is 2.71. The molecule has 10 heavy (non-hydrogen) atoms. The molecule has 0 saturated carbocycles. The van der Waals surface area contributed by atoms with E-state index in [0.29, 0.717) is 0 Å². The monoisotopic (exact) mass is 241 g/mol. The van der Waals surface area contributed by atoms with E-state index in [1.54, 1.807) is 0 Å². The summed E-state index contributed by atoms with van der Waals surface area (Å²) < 4.78 is 3.48. The first-order chi connectivity index (χ1) is 4.50. The van der Waals surface area contributed by atoms with Crippen LogP contribution < -0.4 is 0 Å². The summed E-state index contributed by atoms with van der Waals surface area (Å²) in [6.07, 6.45) is 0. The first-order valence-electron chi connectivity index (χ1n) is 2.32. The van der Waals surface area contributed by atoms with Crippen LogP contribution in [0.1, 0.15) is 0 Å². The van der Waals surface area contributed by atoms with Crippen molar-refractivity contribution in [2.45, 2.75) is 9.17 Å². The van der Waals surface area contributed by atoms with Gasteiger partial charge in [0, 0.05) is 0 Å². The summed E-state index contributed by atoms with van der Waals surface area (Å²) in [5, 5.41) is 0. The summed E-state index contributed by atoms with van der Waals surface area (Å²) in [7, 11) is 0. The Kier molecular flexibility index (Phi) is 5.94. The smallest absolute Gasteiger partial charge is 0.171 e. The van der Waals surface area contributed by atoms with Gasteiger partial charge in [-0.1, -0.05) is 35.8 Å². The van der Waals surface area contributed by atoms with Crippen molar-refractivity contribution in [3.8, 4) is 0 Å². The standard InChI is InChI=1S/C4H5Cl4OS/c5-3(6)4(7,8)1-9-2-10/h3H,1-2H2. The van der Waals surface area contributed by atoms with Gasteiger partial charge in [0.25, 0.3) is 0 Å². The van der Waals surface area contributed by atoms with Gasteiger partial charge in [-0.2, -0.15) is 0 Å². The van der Waals surface area contributed by atoms with Gasteiger partial charge < -0.3 is 4.74 Å². The number of rotatable bonds is 4. The van der Waals surface area contributed by atoms with Crippen molar-refractivity contribution < 1.29 is 4.74 Å². The fraction of sp³-hybridized carbons (Fsp3) is 1.00. The number of alkyl halides is 4. The average Bonchev–Trinajstić information content (AvgIpc) is 1.84. The molecule has 61 valence electrons. The molecule has 0 aromatic carbocycles. The molecule has 0 aliphatic rings. The largest absolute Gasteiger partial charge is 0.367 e. The molecule has 0 aromatic heterocycles. The zero-order valence-electron chi connectivity index (χ0n) is 4.82. The summed E-state index contributed by atoms with van der Waals surface area (Å²) in [5.74, 6) is 0.127. The average molecular weight is 243 g/mol. The van der Waals surface area contributed by atoms with Gasteiger partial charge in [0.2, 0.25) is 0 Å². The lowest BCUT2D eigenvalue weighted by Gasteiger charge is -2.19. The molecule has 0 aliphatic heterocycles. The van der Waals surface area contributed by atoms with Crippen LogP contribution in [0.5, 0.6) is 0 Å². The van der Waals surface area contributed by atoms with Gasteiger partial charge >= 0.3 is 0 Å².